The van der Waals surface area contributed by atoms with Crippen LogP contribution in [0, 0.1) is 17.3 Å². The molecule has 0 fully saturated rings. The molecule has 1 unspecified atom stereocenters. The maximum absolute atomic E-state index is 4.26. The Morgan fingerprint density at radius 2 is 1.76 bits per heavy atom. The van der Waals surface area contributed by atoms with E-state index in [1.807, 2.05) is 6.08 Å². The molecule has 0 aromatic carbocycles. The smallest absolute Gasteiger partial charge is 0.0353 e. The lowest BCUT2D eigenvalue weighted by Gasteiger charge is -2.38. The predicted octanol–water partition coefficient (Wildman–Crippen LogP) is 6.05. The van der Waals surface area contributed by atoms with E-state index in [9.17, 15) is 0 Å². The van der Waals surface area contributed by atoms with Gasteiger partial charge in [0.2, 0.25) is 0 Å². The molecule has 0 amide bonds. The summed E-state index contributed by atoms with van der Waals surface area (Å²) < 4.78 is 0. The molecule has 0 N–H and O–H groups in total. The minimum Gasteiger partial charge on any atom is -0.371 e. The Labute approximate surface area is 133 Å². The van der Waals surface area contributed by atoms with Crippen LogP contribution in [0.25, 0.3) is 0 Å². The van der Waals surface area contributed by atoms with Crippen molar-refractivity contribution in [1.29, 1.82) is 0 Å². The van der Waals surface area contributed by atoms with Gasteiger partial charge in [-0.15, -0.1) is 6.58 Å². The van der Waals surface area contributed by atoms with Crippen LogP contribution in [0.5, 0.6) is 0 Å². The molecule has 0 radical (unpaired) electrons. The van der Waals surface area contributed by atoms with Gasteiger partial charge >= 0.3 is 0 Å². The van der Waals surface area contributed by atoms with E-state index in [0.29, 0.717) is 17.3 Å². The first kappa shape index (κ1) is 20.0. The molecule has 0 bridgehead atoms. The fourth-order valence-electron chi connectivity index (χ4n) is 2.39. The molecule has 0 spiro atoms. The van der Waals surface area contributed by atoms with Gasteiger partial charge in [0.1, 0.15) is 0 Å². The van der Waals surface area contributed by atoms with E-state index in [1.165, 1.54) is 24.1 Å². The lowest BCUT2D eigenvalue weighted by Crippen LogP contribution is -2.36. The van der Waals surface area contributed by atoms with Crippen molar-refractivity contribution >= 4 is 0 Å². The van der Waals surface area contributed by atoms with E-state index in [1.54, 1.807) is 0 Å². The maximum Gasteiger partial charge on any atom is 0.0353 e. The molecule has 122 valence electrons. The van der Waals surface area contributed by atoms with Crippen LogP contribution < -0.4 is 0 Å². The van der Waals surface area contributed by atoms with Crippen molar-refractivity contribution in [3.63, 3.8) is 0 Å². The molecular formula is C20H37N. The van der Waals surface area contributed by atoms with Crippen molar-refractivity contribution in [2.24, 2.45) is 17.3 Å². The van der Waals surface area contributed by atoms with Crippen molar-refractivity contribution < 1.29 is 0 Å². The lowest BCUT2D eigenvalue weighted by molar-refractivity contribution is 0.160. The topological polar surface area (TPSA) is 3.24 Å². The van der Waals surface area contributed by atoms with Crippen LogP contribution in [-0.2, 0) is 0 Å². The number of rotatable bonds is 10. The van der Waals surface area contributed by atoms with Crippen LogP contribution in [0.3, 0.4) is 0 Å². The summed E-state index contributed by atoms with van der Waals surface area (Å²) >= 11 is 0. The van der Waals surface area contributed by atoms with Crippen molar-refractivity contribution in [2.75, 3.05) is 13.1 Å². The van der Waals surface area contributed by atoms with E-state index in [-0.39, 0.29) is 0 Å². The van der Waals surface area contributed by atoms with Crippen molar-refractivity contribution in [3.8, 4) is 0 Å². The van der Waals surface area contributed by atoms with Crippen LogP contribution in [0.15, 0.2) is 36.6 Å². The Morgan fingerprint density at radius 3 is 2.19 bits per heavy atom. The van der Waals surface area contributed by atoms with Gasteiger partial charge in [-0.2, -0.15) is 0 Å². The van der Waals surface area contributed by atoms with Crippen LogP contribution in [0.1, 0.15) is 61.3 Å². The van der Waals surface area contributed by atoms with E-state index in [0.717, 1.165) is 13.1 Å². The SMILES string of the molecule is C=CCN(CC(C)C(C)(C)CCC=C(C)C)C(=C)C(C)C. The first-order chi connectivity index (χ1) is 9.61. The van der Waals surface area contributed by atoms with Gasteiger partial charge in [0.15, 0.2) is 0 Å². The number of allylic oxidation sites excluding steroid dienone is 3. The van der Waals surface area contributed by atoms with Crippen LogP contribution >= 0.6 is 0 Å². The molecule has 0 heterocycles. The van der Waals surface area contributed by atoms with Gasteiger partial charge in [0, 0.05) is 18.8 Å². The predicted molar refractivity (Wildman–Crippen MR) is 97.4 cm³/mol. The molecule has 0 rings (SSSR count). The third kappa shape index (κ3) is 7.55. The minimum absolute atomic E-state index is 0.336. The van der Waals surface area contributed by atoms with Crippen LogP contribution in [-0.4, -0.2) is 18.0 Å². The summed E-state index contributed by atoms with van der Waals surface area (Å²) in [6, 6.07) is 0. The third-order valence-corrected chi connectivity index (χ3v) is 4.59. The summed E-state index contributed by atoms with van der Waals surface area (Å²) in [5.74, 6) is 1.12. The molecule has 0 aromatic heterocycles. The average molecular weight is 292 g/mol. The molecule has 0 aliphatic carbocycles. The zero-order valence-corrected chi connectivity index (χ0v) is 15.5. The monoisotopic (exact) mass is 291 g/mol. The number of nitrogens with zero attached hydrogens (tertiary/aromatic N) is 1. The first-order valence-corrected chi connectivity index (χ1v) is 8.29. The highest BCUT2D eigenvalue weighted by molar-refractivity contribution is 5.01. The Hall–Kier alpha value is -0.980. The highest BCUT2D eigenvalue weighted by atomic mass is 15.1. The summed E-state index contributed by atoms with van der Waals surface area (Å²) in [4.78, 5) is 2.39. The fourth-order valence-corrected chi connectivity index (χ4v) is 2.39. The Morgan fingerprint density at radius 1 is 1.19 bits per heavy atom. The zero-order valence-electron chi connectivity index (χ0n) is 15.5. The zero-order chi connectivity index (χ0) is 16.6. The summed E-state index contributed by atoms with van der Waals surface area (Å²) in [5, 5.41) is 0. The molecule has 0 aliphatic heterocycles. The van der Waals surface area contributed by atoms with Crippen molar-refractivity contribution in [2.45, 2.75) is 61.3 Å². The van der Waals surface area contributed by atoms with Gasteiger partial charge in [-0.1, -0.05) is 58.9 Å². The van der Waals surface area contributed by atoms with Gasteiger partial charge < -0.3 is 4.90 Å². The first-order valence-electron chi connectivity index (χ1n) is 8.29. The molecule has 0 saturated heterocycles. The molecule has 1 heteroatoms. The van der Waals surface area contributed by atoms with Gasteiger partial charge in [0.05, 0.1) is 0 Å². The van der Waals surface area contributed by atoms with Crippen LogP contribution in [0.4, 0.5) is 0 Å². The van der Waals surface area contributed by atoms with Gasteiger partial charge in [-0.05, 0) is 43.9 Å². The second kappa shape index (κ2) is 9.12. The van der Waals surface area contributed by atoms with E-state index in [2.05, 4.69) is 72.6 Å². The van der Waals surface area contributed by atoms with E-state index < -0.39 is 0 Å². The fraction of sp³-hybridized carbons (Fsp3) is 0.700. The Balaban J connectivity index is 4.72. The largest absolute Gasteiger partial charge is 0.371 e. The van der Waals surface area contributed by atoms with Gasteiger partial charge in [-0.3, -0.25) is 0 Å². The van der Waals surface area contributed by atoms with E-state index in [4.69, 9.17) is 0 Å². The summed E-state index contributed by atoms with van der Waals surface area (Å²) in [6.45, 7) is 26.0. The molecule has 0 aromatic rings. The average Bonchev–Trinajstić information content (AvgIpc) is 2.36. The normalized spacial score (nSPS) is 13.0. The summed E-state index contributed by atoms with van der Waals surface area (Å²) in [5.41, 5.74) is 2.98. The van der Waals surface area contributed by atoms with Crippen molar-refractivity contribution in [1.82, 2.24) is 4.90 Å². The highest BCUT2D eigenvalue weighted by Gasteiger charge is 2.27. The number of hydrogen-bond acceptors (Lipinski definition) is 1. The molecule has 1 nitrogen and oxygen atoms in total. The van der Waals surface area contributed by atoms with Crippen LogP contribution in [0.2, 0.25) is 0 Å². The Kier molecular flexibility index (Phi) is 8.70. The molecule has 21 heavy (non-hydrogen) atoms. The summed E-state index contributed by atoms with van der Waals surface area (Å²) in [6.07, 6.45) is 6.74. The van der Waals surface area contributed by atoms with Gasteiger partial charge in [-0.25, -0.2) is 0 Å². The van der Waals surface area contributed by atoms with E-state index >= 15 is 0 Å². The summed E-state index contributed by atoms with van der Waals surface area (Å²) in [7, 11) is 0. The number of hydrogen-bond donors (Lipinski definition) is 0. The minimum atomic E-state index is 0.336. The highest BCUT2D eigenvalue weighted by Crippen LogP contribution is 2.33. The third-order valence-electron chi connectivity index (χ3n) is 4.59. The second-order valence-electron chi connectivity index (χ2n) is 7.55. The van der Waals surface area contributed by atoms with Crippen molar-refractivity contribution in [3.05, 3.63) is 36.6 Å². The molecular weight excluding hydrogens is 254 g/mol. The lowest BCUT2D eigenvalue weighted by atomic mass is 9.76. The molecule has 1 atom stereocenters. The quantitative estimate of drug-likeness (QED) is 0.443. The Bertz CT molecular complexity index is 356. The van der Waals surface area contributed by atoms with Gasteiger partial charge in [0.25, 0.3) is 0 Å². The maximum atomic E-state index is 4.26. The standard InChI is InChI=1S/C20H37N/c1-10-14-21(19(7)17(4)5)15-18(6)20(8,9)13-11-12-16(2)3/h10,12,17-18H,1,7,11,13-15H2,2-6,8-9H3. The molecule has 0 aliphatic rings. The second-order valence-corrected chi connectivity index (χ2v) is 7.55. The molecule has 0 saturated carbocycles.